The van der Waals surface area contributed by atoms with Crippen molar-refractivity contribution >= 4 is 67.8 Å². The molecule has 1 saturated heterocycles. The zero-order valence-electron chi connectivity index (χ0n) is 16.7. The normalized spacial score (nSPS) is 14.5. The number of benzene rings is 2. The van der Waals surface area contributed by atoms with E-state index >= 15 is 0 Å². The zero-order valence-corrected chi connectivity index (χ0v) is 19.0. The second-order valence-electron chi connectivity index (χ2n) is 7.28. The quantitative estimate of drug-likeness (QED) is 0.417. The van der Waals surface area contributed by atoms with Gasteiger partial charge in [0.05, 0.1) is 27.2 Å². The number of carbonyl (C=O) groups excluding carboxylic acids is 2. The first-order valence-electron chi connectivity index (χ1n) is 9.76. The van der Waals surface area contributed by atoms with Crippen molar-refractivity contribution in [3.05, 3.63) is 67.5 Å². The summed E-state index contributed by atoms with van der Waals surface area (Å²) < 4.78 is 0.599. The Kier molecular flexibility index (Phi) is 6.61. The molecule has 1 N–H and O–H groups in total. The topological polar surface area (TPSA) is 95.8 Å². The van der Waals surface area contributed by atoms with Gasteiger partial charge in [-0.05, 0) is 18.2 Å². The molecule has 1 aliphatic heterocycles. The molecule has 1 aromatic heterocycles. The van der Waals surface area contributed by atoms with Crippen molar-refractivity contribution < 1.29 is 14.5 Å². The molecule has 0 unspecified atom stereocenters. The number of piperazine rings is 1. The van der Waals surface area contributed by atoms with Crippen molar-refractivity contribution in [3.63, 3.8) is 0 Å². The SMILES string of the molecule is O=C(CN1CCN(C(=O)c2sc3cc([N+](=O)[O-])ccc3c2Cl)CC1)Nc1ccccc1Cl. The van der Waals surface area contributed by atoms with E-state index in [0.717, 1.165) is 11.3 Å². The number of fused-ring (bicyclic) bond motifs is 1. The number of nitro groups is 1. The van der Waals surface area contributed by atoms with Crippen LogP contribution in [0.5, 0.6) is 0 Å². The number of non-ortho nitro benzene ring substituents is 1. The minimum Gasteiger partial charge on any atom is -0.335 e. The zero-order chi connectivity index (χ0) is 22.8. The van der Waals surface area contributed by atoms with Gasteiger partial charge in [-0.1, -0.05) is 35.3 Å². The highest BCUT2D eigenvalue weighted by Crippen LogP contribution is 2.38. The monoisotopic (exact) mass is 492 g/mol. The van der Waals surface area contributed by atoms with Gasteiger partial charge in [0, 0.05) is 48.4 Å². The number of carbonyl (C=O) groups is 2. The largest absolute Gasteiger partial charge is 0.335 e. The molecule has 32 heavy (non-hydrogen) atoms. The van der Waals surface area contributed by atoms with Gasteiger partial charge in [0.2, 0.25) is 5.91 Å². The van der Waals surface area contributed by atoms with Crippen LogP contribution in [0.4, 0.5) is 11.4 Å². The number of amides is 2. The van der Waals surface area contributed by atoms with E-state index in [1.165, 1.54) is 12.1 Å². The maximum atomic E-state index is 13.0. The third kappa shape index (κ3) is 4.71. The number of nitrogens with zero attached hydrogens (tertiary/aromatic N) is 3. The predicted octanol–water partition coefficient (Wildman–Crippen LogP) is 4.51. The molecule has 0 bridgehead atoms. The summed E-state index contributed by atoms with van der Waals surface area (Å²) in [4.78, 5) is 39.9. The van der Waals surface area contributed by atoms with E-state index in [9.17, 15) is 19.7 Å². The summed E-state index contributed by atoms with van der Waals surface area (Å²) in [6.07, 6.45) is 0. The molecule has 3 aromatic rings. The van der Waals surface area contributed by atoms with Crippen LogP contribution in [-0.4, -0.2) is 59.3 Å². The lowest BCUT2D eigenvalue weighted by atomic mass is 10.2. The van der Waals surface area contributed by atoms with Gasteiger partial charge in [0.1, 0.15) is 4.88 Å². The number of anilines is 1. The van der Waals surface area contributed by atoms with Gasteiger partial charge in [-0.15, -0.1) is 11.3 Å². The number of thiophene rings is 1. The lowest BCUT2D eigenvalue weighted by molar-refractivity contribution is -0.384. The predicted molar refractivity (Wildman–Crippen MR) is 126 cm³/mol. The van der Waals surface area contributed by atoms with E-state index in [0.29, 0.717) is 56.9 Å². The average Bonchev–Trinajstić information content (AvgIpc) is 3.11. The summed E-state index contributed by atoms with van der Waals surface area (Å²) in [7, 11) is 0. The highest BCUT2D eigenvalue weighted by molar-refractivity contribution is 7.21. The Morgan fingerprint density at radius 1 is 1.09 bits per heavy atom. The fraction of sp³-hybridized carbons (Fsp3) is 0.238. The molecule has 0 spiro atoms. The van der Waals surface area contributed by atoms with Crippen molar-refractivity contribution in [3.8, 4) is 0 Å². The van der Waals surface area contributed by atoms with Crippen LogP contribution in [0.2, 0.25) is 10.0 Å². The molecule has 0 saturated carbocycles. The molecule has 4 rings (SSSR count). The van der Waals surface area contributed by atoms with Gasteiger partial charge < -0.3 is 10.2 Å². The molecule has 2 amide bonds. The summed E-state index contributed by atoms with van der Waals surface area (Å²) in [5.41, 5.74) is 0.519. The minimum atomic E-state index is -0.477. The van der Waals surface area contributed by atoms with E-state index in [2.05, 4.69) is 5.32 Å². The van der Waals surface area contributed by atoms with Crippen molar-refractivity contribution in [2.45, 2.75) is 0 Å². The molecule has 11 heteroatoms. The second-order valence-corrected chi connectivity index (χ2v) is 9.12. The molecule has 8 nitrogen and oxygen atoms in total. The number of nitro benzene ring substituents is 1. The Hall–Kier alpha value is -2.72. The van der Waals surface area contributed by atoms with Crippen molar-refractivity contribution in [1.29, 1.82) is 0 Å². The summed E-state index contributed by atoms with van der Waals surface area (Å²) in [5, 5.41) is 15.2. The Morgan fingerprint density at radius 2 is 1.81 bits per heavy atom. The Balaban J connectivity index is 1.37. The third-order valence-electron chi connectivity index (χ3n) is 5.19. The van der Waals surface area contributed by atoms with Crippen LogP contribution in [0, 0.1) is 10.1 Å². The third-order valence-corrected chi connectivity index (χ3v) is 7.17. The van der Waals surface area contributed by atoms with Crippen LogP contribution in [0.3, 0.4) is 0 Å². The first-order valence-corrected chi connectivity index (χ1v) is 11.3. The van der Waals surface area contributed by atoms with Crippen LogP contribution in [0.15, 0.2) is 42.5 Å². The van der Waals surface area contributed by atoms with Gasteiger partial charge in [0.25, 0.3) is 11.6 Å². The van der Waals surface area contributed by atoms with Crippen molar-refractivity contribution in [1.82, 2.24) is 9.80 Å². The number of hydrogen-bond donors (Lipinski definition) is 1. The summed E-state index contributed by atoms with van der Waals surface area (Å²) in [6, 6.07) is 11.4. The maximum Gasteiger partial charge on any atom is 0.270 e. The Labute approximate surface area is 197 Å². The van der Waals surface area contributed by atoms with Crippen LogP contribution in [-0.2, 0) is 4.79 Å². The minimum absolute atomic E-state index is 0.0434. The van der Waals surface area contributed by atoms with Crippen LogP contribution >= 0.6 is 34.5 Å². The van der Waals surface area contributed by atoms with Gasteiger partial charge in [-0.25, -0.2) is 0 Å². The van der Waals surface area contributed by atoms with E-state index in [4.69, 9.17) is 23.2 Å². The fourth-order valence-electron chi connectivity index (χ4n) is 3.51. The van der Waals surface area contributed by atoms with Gasteiger partial charge in [-0.3, -0.25) is 24.6 Å². The van der Waals surface area contributed by atoms with Gasteiger partial charge >= 0.3 is 0 Å². The Bertz CT molecular complexity index is 1210. The summed E-state index contributed by atoms with van der Waals surface area (Å²) >= 11 is 13.6. The molecule has 1 fully saturated rings. The van der Waals surface area contributed by atoms with E-state index < -0.39 is 4.92 Å². The molecule has 166 valence electrons. The summed E-state index contributed by atoms with van der Waals surface area (Å²) in [5.74, 6) is -0.383. The van der Waals surface area contributed by atoms with Crippen molar-refractivity contribution in [2.24, 2.45) is 0 Å². The molecular formula is C21H18Cl2N4O4S. The molecule has 0 aliphatic carbocycles. The maximum absolute atomic E-state index is 13.0. The van der Waals surface area contributed by atoms with E-state index in [1.54, 1.807) is 35.2 Å². The smallest absolute Gasteiger partial charge is 0.270 e. The molecule has 1 aliphatic rings. The standard InChI is InChI=1S/C21H18Cl2N4O4S/c22-15-3-1-2-4-16(15)24-18(28)12-25-7-9-26(10-8-25)21(29)20-19(23)14-6-5-13(27(30)31)11-17(14)32-20/h1-6,11H,7-10,12H2,(H,24,28). The molecule has 0 radical (unpaired) electrons. The van der Waals surface area contributed by atoms with Crippen LogP contribution < -0.4 is 5.32 Å². The Morgan fingerprint density at radius 3 is 2.50 bits per heavy atom. The molecule has 2 heterocycles. The second kappa shape index (κ2) is 9.41. The number of nitrogens with one attached hydrogen (secondary N) is 1. The van der Waals surface area contributed by atoms with E-state index in [-0.39, 0.29) is 24.0 Å². The highest BCUT2D eigenvalue weighted by atomic mass is 35.5. The van der Waals surface area contributed by atoms with Crippen LogP contribution in [0.25, 0.3) is 10.1 Å². The number of halogens is 2. The van der Waals surface area contributed by atoms with Crippen LogP contribution in [0.1, 0.15) is 9.67 Å². The average molecular weight is 493 g/mol. The number of rotatable bonds is 5. The van der Waals surface area contributed by atoms with Gasteiger partial charge in [-0.2, -0.15) is 0 Å². The van der Waals surface area contributed by atoms with E-state index in [1.807, 2.05) is 4.90 Å². The molecular weight excluding hydrogens is 475 g/mol. The lowest BCUT2D eigenvalue weighted by Crippen LogP contribution is -2.50. The fourth-order valence-corrected chi connectivity index (χ4v) is 5.21. The number of para-hydroxylation sites is 1. The first kappa shape index (κ1) is 22.5. The summed E-state index contributed by atoms with van der Waals surface area (Å²) in [6.45, 7) is 2.16. The first-order chi connectivity index (χ1) is 15.3. The molecule has 0 atom stereocenters. The lowest BCUT2D eigenvalue weighted by Gasteiger charge is -2.34. The van der Waals surface area contributed by atoms with Gasteiger partial charge in [0.15, 0.2) is 0 Å². The van der Waals surface area contributed by atoms with Crippen molar-refractivity contribution in [2.75, 3.05) is 38.0 Å². The number of hydrogen-bond acceptors (Lipinski definition) is 6. The highest BCUT2D eigenvalue weighted by Gasteiger charge is 2.27. The molecule has 2 aromatic carbocycles.